The van der Waals surface area contributed by atoms with Crippen molar-refractivity contribution in [3.05, 3.63) is 59.4 Å². The normalized spacial score (nSPS) is 19.0. The van der Waals surface area contributed by atoms with Crippen LogP contribution in [0.15, 0.2) is 42.5 Å². The highest BCUT2D eigenvalue weighted by molar-refractivity contribution is 6.06. The first-order chi connectivity index (χ1) is 11.7. The smallest absolute Gasteiger partial charge is 0.250 e. The average Bonchev–Trinajstić information content (AvgIpc) is 3.09. The van der Waals surface area contributed by atoms with Gasteiger partial charge in [0.2, 0.25) is 5.91 Å². The third-order valence-corrected chi connectivity index (χ3v) is 4.79. The van der Waals surface area contributed by atoms with Gasteiger partial charge in [-0.1, -0.05) is 18.2 Å². The molecule has 2 aromatic carbocycles. The molecule has 1 unspecified atom stereocenters. The fourth-order valence-electron chi connectivity index (χ4n) is 3.62. The first kappa shape index (κ1) is 14.7. The Morgan fingerprint density at radius 2 is 2.04 bits per heavy atom. The summed E-state index contributed by atoms with van der Waals surface area (Å²) in [6, 6.07) is 13.8. The van der Waals surface area contributed by atoms with Crippen LogP contribution in [0.25, 0.3) is 0 Å². The predicted octanol–water partition coefficient (Wildman–Crippen LogP) is 3.21. The number of fused-ring (bicyclic) bond motifs is 3. The van der Waals surface area contributed by atoms with E-state index in [0.717, 1.165) is 25.1 Å². The van der Waals surface area contributed by atoms with Crippen molar-refractivity contribution in [2.45, 2.75) is 25.4 Å². The van der Waals surface area contributed by atoms with E-state index in [1.54, 1.807) is 35.2 Å². The molecule has 1 fully saturated rings. The van der Waals surface area contributed by atoms with Gasteiger partial charge in [0.05, 0.1) is 29.6 Å². The molecule has 120 valence electrons. The molecule has 2 aliphatic rings. The largest absolute Gasteiger partial charge is 0.358 e. The molecule has 0 spiro atoms. The molecular formula is C19H16FN3O. The second kappa shape index (κ2) is 5.64. The summed E-state index contributed by atoms with van der Waals surface area (Å²) >= 11 is 0. The monoisotopic (exact) mass is 321 g/mol. The zero-order chi connectivity index (χ0) is 16.7. The number of carbonyl (C=O) groups excluding carboxylic acids is 1. The molecule has 0 aromatic heterocycles. The number of amides is 1. The Bertz CT molecular complexity index is 858. The Morgan fingerprint density at radius 1 is 1.21 bits per heavy atom. The maximum Gasteiger partial charge on any atom is 0.250 e. The van der Waals surface area contributed by atoms with Crippen LogP contribution in [0.4, 0.5) is 15.8 Å². The van der Waals surface area contributed by atoms with Crippen molar-refractivity contribution in [3.8, 4) is 6.07 Å². The minimum absolute atomic E-state index is 0.0154. The molecule has 4 nitrogen and oxygen atoms in total. The van der Waals surface area contributed by atoms with Gasteiger partial charge in [-0.05, 0) is 37.1 Å². The molecule has 5 heteroatoms. The number of hydrogen-bond donors (Lipinski definition) is 0. The number of rotatable bonds is 2. The van der Waals surface area contributed by atoms with Gasteiger partial charge in [-0.2, -0.15) is 5.26 Å². The Hall–Kier alpha value is -2.87. The summed E-state index contributed by atoms with van der Waals surface area (Å²) in [5.41, 5.74) is 2.62. The van der Waals surface area contributed by atoms with Gasteiger partial charge in [0.15, 0.2) is 0 Å². The quantitative estimate of drug-likeness (QED) is 0.853. The summed E-state index contributed by atoms with van der Waals surface area (Å²) < 4.78 is 14.1. The molecule has 1 atom stereocenters. The minimum Gasteiger partial charge on any atom is -0.358 e. The van der Waals surface area contributed by atoms with E-state index in [-0.39, 0.29) is 24.3 Å². The van der Waals surface area contributed by atoms with Crippen LogP contribution in [0.2, 0.25) is 0 Å². The van der Waals surface area contributed by atoms with E-state index in [0.29, 0.717) is 16.8 Å². The van der Waals surface area contributed by atoms with Crippen molar-refractivity contribution in [3.63, 3.8) is 0 Å². The van der Waals surface area contributed by atoms with Crippen molar-refractivity contribution in [1.29, 1.82) is 5.26 Å². The number of hydrogen-bond acceptors (Lipinski definition) is 3. The first-order valence-electron chi connectivity index (χ1n) is 8.04. The van der Waals surface area contributed by atoms with Crippen molar-refractivity contribution in [1.82, 2.24) is 0 Å². The Kier molecular flexibility index (Phi) is 3.46. The number of anilines is 2. The first-order valence-corrected chi connectivity index (χ1v) is 8.04. The van der Waals surface area contributed by atoms with E-state index in [2.05, 4.69) is 11.0 Å². The van der Waals surface area contributed by atoms with Crippen molar-refractivity contribution in [2.75, 3.05) is 16.3 Å². The molecule has 1 amide bonds. The van der Waals surface area contributed by atoms with Gasteiger partial charge < -0.3 is 9.80 Å². The maximum absolute atomic E-state index is 14.1. The summed E-state index contributed by atoms with van der Waals surface area (Å²) in [5.74, 6) is -0.338. The van der Waals surface area contributed by atoms with E-state index in [4.69, 9.17) is 0 Å². The lowest BCUT2D eigenvalue weighted by Gasteiger charge is -2.39. The van der Waals surface area contributed by atoms with E-state index >= 15 is 0 Å². The van der Waals surface area contributed by atoms with Gasteiger partial charge in [0.25, 0.3) is 0 Å². The third kappa shape index (κ3) is 2.23. The lowest BCUT2D eigenvalue weighted by molar-refractivity contribution is -0.120. The van der Waals surface area contributed by atoms with Crippen LogP contribution in [0.1, 0.15) is 24.0 Å². The van der Waals surface area contributed by atoms with Crippen molar-refractivity contribution in [2.24, 2.45) is 0 Å². The molecule has 0 radical (unpaired) electrons. The highest BCUT2D eigenvalue weighted by Crippen LogP contribution is 2.41. The number of carbonyl (C=O) groups is 1. The van der Waals surface area contributed by atoms with Crippen LogP contribution in [0.5, 0.6) is 0 Å². The second-order valence-electron chi connectivity index (χ2n) is 6.18. The van der Waals surface area contributed by atoms with Crippen LogP contribution in [0.3, 0.4) is 0 Å². The maximum atomic E-state index is 14.1. The molecule has 24 heavy (non-hydrogen) atoms. The van der Waals surface area contributed by atoms with Gasteiger partial charge >= 0.3 is 0 Å². The summed E-state index contributed by atoms with van der Waals surface area (Å²) in [4.78, 5) is 16.7. The summed E-state index contributed by atoms with van der Waals surface area (Å²) in [6.45, 7) is 1.01. The summed E-state index contributed by atoms with van der Waals surface area (Å²) in [7, 11) is 0. The minimum atomic E-state index is -0.322. The molecule has 4 rings (SSSR count). The van der Waals surface area contributed by atoms with Crippen LogP contribution in [-0.2, 0) is 11.3 Å². The van der Waals surface area contributed by atoms with E-state index < -0.39 is 0 Å². The number of nitriles is 1. The lowest BCUT2D eigenvalue weighted by atomic mass is 10.0. The molecule has 2 heterocycles. The lowest BCUT2D eigenvalue weighted by Crippen LogP contribution is -2.50. The van der Waals surface area contributed by atoms with Crippen molar-refractivity contribution < 1.29 is 9.18 Å². The van der Waals surface area contributed by atoms with Crippen molar-refractivity contribution >= 4 is 17.3 Å². The van der Waals surface area contributed by atoms with Gasteiger partial charge in [0, 0.05) is 12.1 Å². The Labute approximate surface area is 139 Å². The van der Waals surface area contributed by atoms with Gasteiger partial charge in [-0.15, -0.1) is 0 Å². The zero-order valence-corrected chi connectivity index (χ0v) is 13.1. The molecule has 0 bridgehead atoms. The van der Waals surface area contributed by atoms with Crippen LogP contribution in [-0.4, -0.2) is 18.5 Å². The molecule has 2 aromatic rings. The molecule has 0 saturated carbocycles. The molecule has 2 aliphatic heterocycles. The van der Waals surface area contributed by atoms with Gasteiger partial charge in [-0.3, -0.25) is 4.79 Å². The Balaban J connectivity index is 1.81. The third-order valence-electron chi connectivity index (χ3n) is 4.79. The second-order valence-corrected chi connectivity index (χ2v) is 6.18. The van der Waals surface area contributed by atoms with E-state index in [1.807, 2.05) is 6.07 Å². The van der Waals surface area contributed by atoms with E-state index in [1.165, 1.54) is 6.07 Å². The predicted molar refractivity (Wildman–Crippen MR) is 89.1 cm³/mol. The zero-order valence-electron chi connectivity index (χ0n) is 13.1. The fourth-order valence-corrected chi connectivity index (χ4v) is 3.62. The topological polar surface area (TPSA) is 47.3 Å². The number of nitrogens with zero attached hydrogens (tertiary/aromatic N) is 3. The fraction of sp³-hybridized carbons (Fsp3) is 0.263. The van der Waals surface area contributed by atoms with Crippen LogP contribution in [0, 0.1) is 17.1 Å². The van der Waals surface area contributed by atoms with Crippen LogP contribution < -0.4 is 9.80 Å². The number of benzene rings is 2. The molecule has 0 N–H and O–H groups in total. The summed E-state index contributed by atoms with van der Waals surface area (Å²) in [6.07, 6.45) is 1.77. The molecule has 1 saturated heterocycles. The highest BCUT2D eigenvalue weighted by atomic mass is 19.1. The standard InChI is InChI=1S/C19H16FN3O/c20-15-5-2-1-4-14(15)12-23-18-10-13(11-21)7-8-16(18)22-9-3-6-17(22)19(23)24/h1-2,4-5,7-8,10,17H,3,6,9,12H2. The molecular weight excluding hydrogens is 305 g/mol. The molecule has 0 aliphatic carbocycles. The van der Waals surface area contributed by atoms with Crippen LogP contribution >= 0.6 is 0 Å². The Morgan fingerprint density at radius 3 is 2.83 bits per heavy atom. The highest BCUT2D eigenvalue weighted by Gasteiger charge is 2.40. The summed E-state index contributed by atoms with van der Waals surface area (Å²) in [5, 5.41) is 9.19. The van der Waals surface area contributed by atoms with Gasteiger partial charge in [-0.25, -0.2) is 4.39 Å². The van der Waals surface area contributed by atoms with E-state index in [9.17, 15) is 14.4 Å². The average molecular weight is 321 g/mol. The van der Waals surface area contributed by atoms with Gasteiger partial charge in [0.1, 0.15) is 11.9 Å². The number of halogens is 1. The SMILES string of the molecule is N#Cc1ccc2c(c1)N(Cc1ccccc1F)C(=O)C1CCCN21.